The average molecular weight is 281 g/mol. The van der Waals surface area contributed by atoms with E-state index < -0.39 is 17.7 Å². The highest BCUT2D eigenvalue weighted by atomic mass is 32.1. The maximum absolute atomic E-state index is 13.9. The van der Waals surface area contributed by atoms with E-state index in [2.05, 4.69) is 6.07 Å². The topological polar surface area (TPSA) is 26.0 Å². The van der Waals surface area contributed by atoms with Gasteiger partial charge in [0.05, 0.1) is 0 Å². The largest absolute Gasteiger partial charge is 0.324 e. The fourth-order valence-electron chi connectivity index (χ4n) is 2.11. The molecular weight excluding hydrogens is 264 g/mol. The van der Waals surface area contributed by atoms with E-state index in [0.717, 1.165) is 12.8 Å². The summed E-state index contributed by atoms with van der Waals surface area (Å²) in [6, 6.07) is 6.20. The molecule has 4 heteroatoms. The molecule has 0 aliphatic heterocycles. The molecule has 0 saturated heterocycles. The number of thiophene rings is 1. The van der Waals surface area contributed by atoms with Crippen LogP contribution in [-0.2, 0) is 6.42 Å². The van der Waals surface area contributed by atoms with Crippen molar-refractivity contribution in [2.45, 2.75) is 32.2 Å². The summed E-state index contributed by atoms with van der Waals surface area (Å²) in [4.78, 5) is 1.28. The first-order valence-electron chi connectivity index (χ1n) is 6.32. The minimum atomic E-state index is -0.583. The van der Waals surface area contributed by atoms with Crippen molar-refractivity contribution < 1.29 is 8.78 Å². The van der Waals surface area contributed by atoms with Crippen LogP contribution in [0.2, 0.25) is 0 Å². The maximum Gasteiger partial charge on any atom is 0.133 e. The summed E-state index contributed by atoms with van der Waals surface area (Å²) in [5.74, 6) is -1.06. The highest BCUT2D eigenvalue weighted by Crippen LogP contribution is 2.25. The van der Waals surface area contributed by atoms with E-state index in [-0.39, 0.29) is 5.56 Å². The summed E-state index contributed by atoms with van der Waals surface area (Å²) in [6.45, 7) is 1.62. The van der Waals surface area contributed by atoms with E-state index in [1.807, 2.05) is 11.4 Å². The molecule has 19 heavy (non-hydrogen) atoms. The lowest BCUT2D eigenvalue weighted by molar-refractivity contribution is 0.501. The first-order chi connectivity index (χ1) is 9.09. The van der Waals surface area contributed by atoms with Crippen LogP contribution in [0.5, 0.6) is 0 Å². The second kappa shape index (κ2) is 6.26. The number of hydrogen-bond acceptors (Lipinski definition) is 2. The minimum absolute atomic E-state index is 0.0196. The van der Waals surface area contributed by atoms with E-state index in [4.69, 9.17) is 5.73 Å². The molecule has 0 aliphatic carbocycles. The Morgan fingerprint density at radius 3 is 2.74 bits per heavy atom. The molecule has 1 aromatic carbocycles. The summed E-state index contributed by atoms with van der Waals surface area (Å²) >= 11 is 1.69. The molecule has 2 aromatic rings. The molecule has 1 nitrogen and oxygen atoms in total. The third-order valence-corrected chi connectivity index (χ3v) is 4.15. The summed E-state index contributed by atoms with van der Waals surface area (Å²) in [7, 11) is 0. The molecule has 0 bridgehead atoms. The Bertz CT molecular complexity index is 537. The van der Waals surface area contributed by atoms with E-state index in [1.54, 1.807) is 18.3 Å². The Kier molecular flexibility index (Phi) is 4.66. The lowest BCUT2D eigenvalue weighted by Gasteiger charge is -2.15. The van der Waals surface area contributed by atoms with Gasteiger partial charge in [0, 0.05) is 16.5 Å². The van der Waals surface area contributed by atoms with Gasteiger partial charge in [0.1, 0.15) is 11.6 Å². The number of hydrogen-bond donors (Lipinski definition) is 1. The zero-order chi connectivity index (χ0) is 13.8. The maximum atomic E-state index is 13.9. The summed E-state index contributed by atoms with van der Waals surface area (Å²) in [6.07, 6.45) is 2.31. The Morgan fingerprint density at radius 1 is 1.26 bits per heavy atom. The molecule has 0 fully saturated rings. The SMILES string of the molecule is Cc1ccc(F)c(C(N)CCCc2cccs2)c1F. The van der Waals surface area contributed by atoms with Crippen LogP contribution in [0.4, 0.5) is 8.78 Å². The molecule has 1 aromatic heterocycles. The van der Waals surface area contributed by atoms with Crippen molar-refractivity contribution in [3.8, 4) is 0 Å². The molecule has 0 amide bonds. The Morgan fingerprint density at radius 2 is 2.05 bits per heavy atom. The summed E-state index contributed by atoms with van der Waals surface area (Å²) in [5, 5.41) is 2.02. The normalized spacial score (nSPS) is 12.6. The van der Waals surface area contributed by atoms with Gasteiger partial charge in [0.2, 0.25) is 0 Å². The molecule has 1 atom stereocenters. The van der Waals surface area contributed by atoms with Gasteiger partial charge in [-0.15, -0.1) is 11.3 Å². The Balaban J connectivity index is 2.00. The van der Waals surface area contributed by atoms with Gasteiger partial charge in [-0.2, -0.15) is 0 Å². The molecule has 0 radical (unpaired) electrons. The van der Waals surface area contributed by atoms with Crippen molar-refractivity contribution in [3.05, 3.63) is 57.3 Å². The number of aryl methyl sites for hydroxylation is 2. The van der Waals surface area contributed by atoms with Crippen molar-refractivity contribution in [1.82, 2.24) is 0 Å². The molecule has 1 unspecified atom stereocenters. The second-order valence-electron chi connectivity index (χ2n) is 4.67. The zero-order valence-corrected chi connectivity index (χ0v) is 11.6. The third-order valence-electron chi connectivity index (χ3n) is 3.21. The Labute approximate surface area is 116 Å². The van der Waals surface area contributed by atoms with Crippen molar-refractivity contribution in [3.63, 3.8) is 0 Å². The van der Waals surface area contributed by atoms with E-state index in [9.17, 15) is 8.78 Å². The van der Waals surface area contributed by atoms with Gasteiger partial charge in [0.15, 0.2) is 0 Å². The summed E-state index contributed by atoms with van der Waals surface area (Å²) < 4.78 is 27.6. The smallest absolute Gasteiger partial charge is 0.133 e. The molecule has 1 heterocycles. The third kappa shape index (κ3) is 3.39. The summed E-state index contributed by atoms with van der Waals surface area (Å²) in [5.41, 5.74) is 6.38. The monoisotopic (exact) mass is 281 g/mol. The predicted octanol–water partition coefficient (Wildman–Crippen LogP) is 4.36. The number of benzene rings is 1. The average Bonchev–Trinajstić information content (AvgIpc) is 2.87. The zero-order valence-electron chi connectivity index (χ0n) is 10.8. The first-order valence-corrected chi connectivity index (χ1v) is 7.20. The number of rotatable bonds is 5. The minimum Gasteiger partial charge on any atom is -0.324 e. The van der Waals surface area contributed by atoms with Crippen molar-refractivity contribution >= 4 is 11.3 Å². The number of nitrogens with two attached hydrogens (primary N) is 1. The van der Waals surface area contributed by atoms with E-state index in [0.29, 0.717) is 12.0 Å². The standard InChI is InChI=1S/C15H17F2NS/c1-10-7-8-12(16)14(15(10)17)13(18)6-2-4-11-5-3-9-19-11/h3,5,7-9,13H,2,4,6,18H2,1H3. The van der Waals surface area contributed by atoms with Crippen molar-refractivity contribution in [1.29, 1.82) is 0 Å². The first kappa shape index (κ1) is 14.2. The van der Waals surface area contributed by atoms with Crippen LogP contribution in [0.25, 0.3) is 0 Å². The van der Waals surface area contributed by atoms with Gasteiger partial charge in [-0.3, -0.25) is 0 Å². The van der Waals surface area contributed by atoms with Gasteiger partial charge in [-0.1, -0.05) is 12.1 Å². The van der Waals surface area contributed by atoms with Gasteiger partial charge >= 0.3 is 0 Å². The molecule has 0 spiro atoms. The van der Waals surface area contributed by atoms with Crippen LogP contribution in [0.15, 0.2) is 29.6 Å². The fourth-order valence-corrected chi connectivity index (χ4v) is 2.86. The van der Waals surface area contributed by atoms with Crippen LogP contribution < -0.4 is 5.73 Å². The molecule has 0 saturated carbocycles. The second-order valence-corrected chi connectivity index (χ2v) is 5.70. The predicted molar refractivity (Wildman–Crippen MR) is 75.3 cm³/mol. The fraction of sp³-hybridized carbons (Fsp3) is 0.333. The highest BCUT2D eigenvalue weighted by molar-refractivity contribution is 7.09. The van der Waals surface area contributed by atoms with Crippen LogP contribution >= 0.6 is 11.3 Å². The van der Waals surface area contributed by atoms with Gasteiger partial charge in [0.25, 0.3) is 0 Å². The van der Waals surface area contributed by atoms with Crippen molar-refractivity contribution in [2.24, 2.45) is 5.73 Å². The highest BCUT2D eigenvalue weighted by Gasteiger charge is 2.18. The van der Waals surface area contributed by atoms with Gasteiger partial charge in [-0.25, -0.2) is 8.78 Å². The van der Waals surface area contributed by atoms with Gasteiger partial charge in [-0.05, 0) is 49.3 Å². The van der Waals surface area contributed by atoms with Crippen LogP contribution in [-0.4, -0.2) is 0 Å². The van der Waals surface area contributed by atoms with E-state index >= 15 is 0 Å². The molecule has 0 aliphatic rings. The molecular formula is C15H17F2NS. The van der Waals surface area contributed by atoms with Crippen molar-refractivity contribution in [2.75, 3.05) is 0 Å². The quantitative estimate of drug-likeness (QED) is 0.866. The number of halogens is 2. The van der Waals surface area contributed by atoms with Crippen LogP contribution in [0.1, 0.15) is 34.9 Å². The Hall–Kier alpha value is -1.26. The van der Waals surface area contributed by atoms with Crippen LogP contribution in [0.3, 0.4) is 0 Å². The van der Waals surface area contributed by atoms with Crippen LogP contribution in [0, 0.1) is 18.6 Å². The van der Waals surface area contributed by atoms with E-state index in [1.165, 1.54) is 17.0 Å². The molecule has 2 rings (SSSR count). The lowest BCUT2D eigenvalue weighted by Crippen LogP contribution is -2.15. The molecule has 102 valence electrons. The lowest BCUT2D eigenvalue weighted by atomic mass is 9.98. The van der Waals surface area contributed by atoms with Gasteiger partial charge < -0.3 is 5.73 Å². The molecule has 2 N–H and O–H groups in total.